The molecular weight excluding hydrogens is 252 g/mol. The van der Waals surface area contributed by atoms with Crippen LogP contribution in [0.15, 0.2) is 42.9 Å². The quantitative estimate of drug-likeness (QED) is 0.875. The van der Waals surface area contributed by atoms with Crippen LogP contribution < -0.4 is 0 Å². The molecule has 1 atom stereocenters. The predicted molar refractivity (Wildman–Crippen MR) is 77.2 cm³/mol. The molecule has 20 heavy (non-hydrogen) atoms. The second kappa shape index (κ2) is 6.80. The van der Waals surface area contributed by atoms with Gasteiger partial charge in [-0.15, -0.1) is 0 Å². The van der Waals surface area contributed by atoms with E-state index in [4.69, 9.17) is 5.11 Å². The summed E-state index contributed by atoms with van der Waals surface area (Å²) in [6, 6.07) is 7.79. The number of rotatable bonds is 6. The number of hydrogen-bond acceptors (Lipinski definition) is 3. The maximum Gasteiger partial charge on any atom is 0.306 e. The highest BCUT2D eigenvalue weighted by Crippen LogP contribution is 2.19. The van der Waals surface area contributed by atoms with Crippen LogP contribution in [0.3, 0.4) is 0 Å². The van der Waals surface area contributed by atoms with Gasteiger partial charge in [0.15, 0.2) is 0 Å². The molecule has 2 heterocycles. The minimum atomic E-state index is -0.712. The molecule has 4 nitrogen and oxygen atoms in total. The number of aliphatic carboxylic acids is 1. The molecule has 2 rings (SSSR count). The van der Waals surface area contributed by atoms with Gasteiger partial charge in [-0.3, -0.25) is 14.8 Å². The van der Waals surface area contributed by atoms with Crippen LogP contribution in [0.25, 0.3) is 11.3 Å². The lowest BCUT2D eigenvalue weighted by molar-refractivity contribution is -0.142. The van der Waals surface area contributed by atoms with Crippen LogP contribution in [0.4, 0.5) is 0 Å². The van der Waals surface area contributed by atoms with Gasteiger partial charge in [0, 0.05) is 24.2 Å². The monoisotopic (exact) mass is 270 g/mol. The maximum absolute atomic E-state index is 11.0. The molecule has 1 unspecified atom stereocenters. The number of nitrogens with zero attached hydrogens (tertiary/aromatic N) is 2. The molecule has 0 fully saturated rings. The molecule has 0 aromatic carbocycles. The van der Waals surface area contributed by atoms with E-state index in [1.165, 1.54) is 0 Å². The minimum absolute atomic E-state index is 0.271. The molecule has 0 aliphatic rings. The number of aryl methyl sites for hydroxylation is 1. The molecule has 0 spiro atoms. The number of aromatic nitrogens is 2. The molecule has 104 valence electrons. The Hall–Kier alpha value is -2.23. The van der Waals surface area contributed by atoms with E-state index in [9.17, 15) is 4.79 Å². The van der Waals surface area contributed by atoms with Gasteiger partial charge in [0.1, 0.15) is 0 Å². The Labute approximate surface area is 118 Å². The summed E-state index contributed by atoms with van der Waals surface area (Å²) in [4.78, 5) is 19.4. The van der Waals surface area contributed by atoms with Gasteiger partial charge in [-0.05, 0) is 49.1 Å². The molecular formula is C16H18N2O2. The molecule has 0 saturated carbocycles. The highest BCUT2D eigenvalue weighted by atomic mass is 16.4. The molecule has 0 aliphatic heterocycles. The standard InChI is InChI=1S/C16H18N2O2/c1-2-13(16(19)20)4-3-12-5-10-18-15(11-12)14-6-8-17-9-7-14/h5-11,13H,2-4H2,1H3,(H,19,20). The van der Waals surface area contributed by atoms with Gasteiger partial charge in [-0.1, -0.05) is 6.92 Å². The summed E-state index contributed by atoms with van der Waals surface area (Å²) in [5, 5.41) is 9.06. The number of carboxylic acid groups (broad SMARTS) is 1. The zero-order valence-corrected chi connectivity index (χ0v) is 11.5. The van der Waals surface area contributed by atoms with Crippen molar-refractivity contribution in [3.63, 3.8) is 0 Å². The molecule has 4 heteroatoms. The van der Waals surface area contributed by atoms with Crippen LogP contribution in [0.1, 0.15) is 25.3 Å². The van der Waals surface area contributed by atoms with Crippen LogP contribution in [0, 0.1) is 5.92 Å². The smallest absolute Gasteiger partial charge is 0.306 e. The van der Waals surface area contributed by atoms with Gasteiger partial charge in [0.05, 0.1) is 11.6 Å². The Balaban J connectivity index is 2.09. The maximum atomic E-state index is 11.0. The lowest BCUT2D eigenvalue weighted by Gasteiger charge is -2.10. The van der Waals surface area contributed by atoms with E-state index in [1.807, 2.05) is 31.2 Å². The molecule has 2 aromatic rings. The Bertz CT molecular complexity index is 570. The predicted octanol–water partition coefficient (Wildman–Crippen LogP) is 3.19. The lowest BCUT2D eigenvalue weighted by Crippen LogP contribution is -2.13. The number of pyridine rings is 2. The zero-order valence-electron chi connectivity index (χ0n) is 11.5. The van der Waals surface area contributed by atoms with Gasteiger partial charge in [0.2, 0.25) is 0 Å². The lowest BCUT2D eigenvalue weighted by atomic mass is 9.97. The molecule has 0 saturated heterocycles. The first-order valence-electron chi connectivity index (χ1n) is 6.79. The molecule has 0 radical (unpaired) electrons. The third-order valence-electron chi connectivity index (χ3n) is 3.42. The number of carboxylic acids is 1. The third-order valence-corrected chi connectivity index (χ3v) is 3.42. The van der Waals surface area contributed by atoms with E-state index in [2.05, 4.69) is 9.97 Å². The highest BCUT2D eigenvalue weighted by Gasteiger charge is 2.14. The van der Waals surface area contributed by atoms with Crippen molar-refractivity contribution in [3.8, 4) is 11.3 Å². The van der Waals surface area contributed by atoms with Gasteiger partial charge in [-0.25, -0.2) is 0 Å². The summed E-state index contributed by atoms with van der Waals surface area (Å²) >= 11 is 0. The number of carbonyl (C=O) groups is 1. The number of hydrogen-bond donors (Lipinski definition) is 1. The first kappa shape index (κ1) is 14.2. The van der Waals surface area contributed by atoms with Crippen molar-refractivity contribution >= 4 is 5.97 Å². The van der Waals surface area contributed by atoms with E-state index in [-0.39, 0.29) is 5.92 Å². The zero-order chi connectivity index (χ0) is 14.4. The van der Waals surface area contributed by atoms with Crippen LogP contribution in [-0.2, 0) is 11.2 Å². The van der Waals surface area contributed by atoms with E-state index in [1.54, 1.807) is 18.6 Å². The summed E-state index contributed by atoms with van der Waals surface area (Å²) in [6.07, 6.45) is 7.32. The molecule has 0 bridgehead atoms. The molecule has 1 N–H and O–H groups in total. The molecule has 0 aliphatic carbocycles. The summed E-state index contributed by atoms with van der Waals surface area (Å²) in [5.41, 5.74) is 3.03. The average molecular weight is 270 g/mol. The summed E-state index contributed by atoms with van der Waals surface area (Å²) in [6.45, 7) is 1.91. The topological polar surface area (TPSA) is 63.1 Å². The fourth-order valence-electron chi connectivity index (χ4n) is 2.15. The van der Waals surface area contributed by atoms with Crippen LogP contribution in [0.2, 0.25) is 0 Å². The Kier molecular flexibility index (Phi) is 4.82. The molecule has 2 aromatic heterocycles. The van der Waals surface area contributed by atoms with Crippen molar-refractivity contribution in [2.45, 2.75) is 26.2 Å². The van der Waals surface area contributed by atoms with E-state index in [0.29, 0.717) is 12.8 Å². The van der Waals surface area contributed by atoms with Crippen molar-refractivity contribution in [1.82, 2.24) is 9.97 Å². The van der Waals surface area contributed by atoms with Crippen molar-refractivity contribution < 1.29 is 9.90 Å². The average Bonchev–Trinajstić information content (AvgIpc) is 2.49. The second-order valence-electron chi connectivity index (χ2n) is 4.77. The normalized spacial score (nSPS) is 12.1. The summed E-state index contributed by atoms with van der Waals surface area (Å²) in [7, 11) is 0. The Morgan fingerprint density at radius 1 is 1.25 bits per heavy atom. The first-order valence-corrected chi connectivity index (χ1v) is 6.79. The van der Waals surface area contributed by atoms with Crippen molar-refractivity contribution in [3.05, 3.63) is 48.4 Å². The SMILES string of the molecule is CCC(CCc1ccnc(-c2ccncc2)c1)C(=O)O. The van der Waals surface area contributed by atoms with Crippen molar-refractivity contribution in [1.29, 1.82) is 0 Å². The Morgan fingerprint density at radius 2 is 2.00 bits per heavy atom. The first-order chi connectivity index (χ1) is 9.70. The van der Waals surface area contributed by atoms with Crippen LogP contribution in [0.5, 0.6) is 0 Å². The van der Waals surface area contributed by atoms with Gasteiger partial charge >= 0.3 is 5.97 Å². The second-order valence-corrected chi connectivity index (χ2v) is 4.77. The summed E-state index contributed by atoms with van der Waals surface area (Å²) in [5.74, 6) is -0.983. The van der Waals surface area contributed by atoms with Gasteiger partial charge in [0.25, 0.3) is 0 Å². The minimum Gasteiger partial charge on any atom is -0.481 e. The van der Waals surface area contributed by atoms with Gasteiger partial charge < -0.3 is 5.11 Å². The largest absolute Gasteiger partial charge is 0.481 e. The van der Waals surface area contributed by atoms with Crippen molar-refractivity contribution in [2.24, 2.45) is 5.92 Å². The fourth-order valence-corrected chi connectivity index (χ4v) is 2.15. The van der Waals surface area contributed by atoms with E-state index >= 15 is 0 Å². The molecule has 0 amide bonds. The Morgan fingerprint density at radius 3 is 2.65 bits per heavy atom. The third kappa shape index (κ3) is 3.63. The highest BCUT2D eigenvalue weighted by molar-refractivity contribution is 5.69. The van der Waals surface area contributed by atoms with Crippen LogP contribution >= 0.6 is 0 Å². The fraction of sp³-hybridized carbons (Fsp3) is 0.312. The van der Waals surface area contributed by atoms with E-state index < -0.39 is 5.97 Å². The van der Waals surface area contributed by atoms with Gasteiger partial charge in [-0.2, -0.15) is 0 Å². The van der Waals surface area contributed by atoms with E-state index in [0.717, 1.165) is 23.2 Å². The summed E-state index contributed by atoms with van der Waals surface area (Å²) < 4.78 is 0. The van der Waals surface area contributed by atoms with Crippen LogP contribution in [-0.4, -0.2) is 21.0 Å². The van der Waals surface area contributed by atoms with Crippen molar-refractivity contribution in [2.75, 3.05) is 0 Å².